The lowest BCUT2D eigenvalue weighted by atomic mass is 9.80. The van der Waals surface area contributed by atoms with Gasteiger partial charge in [0.25, 0.3) is 0 Å². The van der Waals surface area contributed by atoms with Crippen LogP contribution in [0.3, 0.4) is 0 Å². The molecule has 0 aliphatic heterocycles. The number of hydrogen-bond acceptors (Lipinski definition) is 4. The van der Waals surface area contributed by atoms with Gasteiger partial charge < -0.3 is 14.8 Å². The molecule has 8 heteroatoms. The minimum Gasteiger partial charge on any atom is -0.435 e. The summed E-state index contributed by atoms with van der Waals surface area (Å²) < 4.78 is 28.3. The number of rotatable bonds is 4. The minimum atomic E-state index is -2.74. The minimum absolute atomic E-state index is 0.195. The normalized spacial score (nSPS) is 9.73. The summed E-state index contributed by atoms with van der Waals surface area (Å²) in [6, 6.07) is 12.5. The van der Waals surface area contributed by atoms with Gasteiger partial charge in [-0.2, -0.15) is 8.78 Å². The first kappa shape index (κ1) is 18.5. The van der Waals surface area contributed by atoms with Gasteiger partial charge in [0.2, 0.25) is 0 Å². The number of benzene rings is 2. The van der Waals surface area contributed by atoms with Crippen LogP contribution in [0.25, 0.3) is 0 Å². The molecule has 0 bridgehead atoms. The highest BCUT2D eigenvalue weighted by atomic mass is 127. The monoisotopic (exact) mass is 420 g/mol. The van der Waals surface area contributed by atoms with Crippen molar-refractivity contribution in [3.8, 4) is 5.75 Å². The predicted molar refractivity (Wildman–Crippen MR) is 87.4 cm³/mol. The first-order valence-corrected chi connectivity index (χ1v) is 7.12. The summed E-state index contributed by atoms with van der Waals surface area (Å²) in [4.78, 5) is 10.2. The van der Waals surface area contributed by atoms with Gasteiger partial charge in [0.1, 0.15) is 12.0 Å². The van der Waals surface area contributed by atoms with E-state index in [-0.39, 0.29) is 5.75 Å². The second-order valence-electron chi connectivity index (χ2n) is 3.99. The van der Waals surface area contributed by atoms with Crippen LogP contribution in [0, 0.1) is 3.57 Å². The Morgan fingerprint density at radius 3 is 2.00 bits per heavy atom. The van der Waals surface area contributed by atoms with Gasteiger partial charge in [0.15, 0.2) is 0 Å². The molecule has 2 rings (SSSR count). The third-order valence-corrected chi connectivity index (χ3v) is 3.13. The fraction of sp³-hybridized carbons (Fsp3) is 0.0714. The topological polar surface area (TPSA) is 66.8 Å². The van der Waals surface area contributed by atoms with Crippen molar-refractivity contribution < 1.29 is 28.4 Å². The quantitative estimate of drug-likeness (QED) is 0.452. The van der Waals surface area contributed by atoms with E-state index in [9.17, 15) is 13.6 Å². The van der Waals surface area contributed by atoms with E-state index in [1.165, 1.54) is 36.4 Å². The average Bonchev–Trinajstić information content (AvgIpc) is 2.50. The molecule has 22 heavy (non-hydrogen) atoms. The summed E-state index contributed by atoms with van der Waals surface area (Å²) in [5, 5.41) is 17.3. The van der Waals surface area contributed by atoms with Crippen molar-refractivity contribution in [3.05, 3.63) is 57.7 Å². The van der Waals surface area contributed by atoms with Crippen LogP contribution >= 0.6 is 22.6 Å². The highest BCUT2D eigenvalue weighted by Crippen LogP contribution is 2.15. The molecule has 0 atom stereocenters. The average molecular weight is 420 g/mol. The molecule has 0 radical (unpaired) electrons. The van der Waals surface area contributed by atoms with Gasteiger partial charge in [-0.05, 0) is 52.3 Å². The van der Waals surface area contributed by atoms with Crippen molar-refractivity contribution in [1.82, 2.24) is 0 Å². The van der Waals surface area contributed by atoms with Crippen molar-refractivity contribution >= 4 is 41.5 Å². The van der Waals surface area contributed by atoms with Gasteiger partial charge >= 0.3 is 13.7 Å². The first-order chi connectivity index (χ1) is 10.4. The van der Waals surface area contributed by atoms with Crippen molar-refractivity contribution in [1.29, 1.82) is 0 Å². The molecular formula is C14H12BF2IO4. The SMILES string of the molecule is FC(F)Oc1ccc(I)cc1.O=Cc1ccc(B(O)O)cc1. The number of ether oxygens (including phenoxy) is 1. The van der Waals surface area contributed by atoms with E-state index in [0.717, 1.165) is 3.57 Å². The van der Waals surface area contributed by atoms with Gasteiger partial charge in [0.05, 0.1) is 0 Å². The summed E-state index contributed by atoms with van der Waals surface area (Å²) in [5.41, 5.74) is 0.907. The van der Waals surface area contributed by atoms with Crippen LogP contribution in [0.4, 0.5) is 8.78 Å². The van der Waals surface area contributed by atoms with Crippen molar-refractivity contribution in [2.45, 2.75) is 6.61 Å². The van der Waals surface area contributed by atoms with Gasteiger partial charge in [0, 0.05) is 9.13 Å². The van der Waals surface area contributed by atoms with Gasteiger partial charge in [-0.15, -0.1) is 0 Å². The number of aldehydes is 1. The smallest absolute Gasteiger partial charge is 0.435 e. The van der Waals surface area contributed by atoms with Crippen LogP contribution in [0.15, 0.2) is 48.5 Å². The standard InChI is InChI=1S/C7H7BO3.C7H5F2IO/c9-5-6-1-3-7(4-2-6)8(10)11;8-7(9)11-6-3-1-5(10)2-4-6/h1-5,10-11H;1-4,7H. The fourth-order valence-corrected chi connectivity index (χ4v) is 1.72. The summed E-state index contributed by atoms with van der Waals surface area (Å²) in [6.07, 6.45) is 0.702. The fourth-order valence-electron chi connectivity index (χ4n) is 1.36. The number of hydrogen-bond donors (Lipinski definition) is 2. The number of carbonyl (C=O) groups excluding carboxylic acids is 1. The number of carbonyl (C=O) groups is 1. The van der Waals surface area contributed by atoms with Crippen LogP contribution < -0.4 is 10.2 Å². The van der Waals surface area contributed by atoms with E-state index in [0.29, 0.717) is 17.3 Å². The van der Waals surface area contributed by atoms with Crippen molar-refractivity contribution in [2.75, 3.05) is 0 Å². The molecule has 0 amide bonds. The maximum Gasteiger partial charge on any atom is 0.488 e. The molecule has 116 valence electrons. The zero-order valence-corrected chi connectivity index (χ0v) is 13.4. The third kappa shape index (κ3) is 6.96. The van der Waals surface area contributed by atoms with Crippen LogP contribution in [-0.4, -0.2) is 30.1 Å². The molecule has 0 fully saturated rings. The Morgan fingerprint density at radius 1 is 1.05 bits per heavy atom. The van der Waals surface area contributed by atoms with E-state index < -0.39 is 13.7 Å². The first-order valence-electron chi connectivity index (χ1n) is 6.04. The maximum atomic E-state index is 11.6. The molecule has 2 aromatic rings. The van der Waals surface area contributed by atoms with Crippen LogP contribution in [0.1, 0.15) is 10.4 Å². The van der Waals surface area contributed by atoms with Crippen molar-refractivity contribution in [3.63, 3.8) is 0 Å². The molecule has 0 saturated heterocycles. The third-order valence-electron chi connectivity index (χ3n) is 2.41. The second-order valence-corrected chi connectivity index (χ2v) is 5.24. The molecule has 4 nitrogen and oxygen atoms in total. The summed E-state index contributed by atoms with van der Waals surface area (Å²) >= 11 is 2.09. The molecule has 2 aromatic carbocycles. The Kier molecular flexibility index (Phi) is 8.00. The second kappa shape index (κ2) is 9.49. The zero-order valence-electron chi connectivity index (χ0n) is 11.2. The summed E-state index contributed by atoms with van der Waals surface area (Å²) in [6.45, 7) is -2.74. The van der Waals surface area contributed by atoms with E-state index in [4.69, 9.17) is 10.0 Å². The lowest BCUT2D eigenvalue weighted by Crippen LogP contribution is -2.29. The Labute approximate surface area is 140 Å². The van der Waals surface area contributed by atoms with E-state index in [1.807, 2.05) is 0 Å². The van der Waals surface area contributed by atoms with Crippen molar-refractivity contribution in [2.24, 2.45) is 0 Å². The molecule has 0 spiro atoms. The van der Waals surface area contributed by atoms with Crippen LogP contribution in [0.2, 0.25) is 0 Å². The molecular weight excluding hydrogens is 408 g/mol. The van der Waals surface area contributed by atoms with E-state index in [1.54, 1.807) is 12.1 Å². The molecule has 2 N–H and O–H groups in total. The Morgan fingerprint density at radius 2 is 1.59 bits per heavy atom. The van der Waals surface area contributed by atoms with E-state index in [2.05, 4.69) is 27.3 Å². The van der Waals surface area contributed by atoms with Gasteiger partial charge in [-0.1, -0.05) is 24.3 Å². The van der Waals surface area contributed by atoms with Gasteiger partial charge in [-0.3, -0.25) is 4.79 Å². The zero-order chi connectivity index (χ0) is 16.5. The molecule has 0 aliphatic carbocycles. The summed E-state index contributed by atoms with van der Waals surface area (Å²) in [7, 11) is -1.46. The predicted octanol–water partition coefficient (Wildman–Crippen LogP) is 2.07. The number of halogens is 3. The van der Waals surface area contributed by atoms with Gasteiger partial charge in [-0.25, -0.2) is 0 Å². The Balaban J connectivity index is 0.000000220. The van der Waals surface area contributed by atoms with E-state index >= 15 is 0 Å². The Bertz CT molecular complexity index is 576. The Hall–Kier alpha value is -1.52. The van der Waals surface area contributed by atoms with Crippen LogP contribution in [-0.2, 0) is 0 Å². The maximum absolute atomic E-state index is 11.6. The molecule has 0 aromatic heterocycles. The number of alkyl halides is 2. The largest absolute Gasteiger partial charge is 0.488 e. The highest BCUT2D eigenvalue weighted by Gasteiger charge is 2.08. The summed E-state index contributed by atoms with van der Waals surface area (Å²) in [5.74, 6) is 0.195. The molecule has 0 unspecified atom stereocenters. The molecule has 0 aliphatic rings. The molecule has 0 saturated carbocycles. The van der Waals surface area contributed by atoms with Crippen LogP contribution in [0.5, 0.6) is 5.75 Å². The lowest BCUT2D eigenvalue weighted by molar-refractivity contribution is -0.0498. The highest BCUT2D eigenvalue weighted by molar-refractivity contribution is 14.1. The lowest BCUT2D eigenvalue weighted by Gasteiger charge is -2.02. The molecule has 0 heterocycles.